The van der Waals surface area contributed by atoms with Gasteiger partial charge in [0.1, 0.15) is 5.84 Å². The third kappa shape index (κ3) is 15.4. The number of hydrazone groups is 1. The number of hydrogen-bond donors (Lipinski definition) is 3. The molecular formula is C17H38N4. The molecule has 0 unspecified atom stereocenters. The fourth-order valence-corrected chi connectivity index (χ4v) is 2.66. The molecule has 0 saturated heterocycles. The Hall–Kier alpha value is -0.770. The summed E-state index contributed by atoms with van der Waals surface area (Å²) < 4.78 is 0. The van der Waals surface area contributed by atoms with Crippen LogP contribution in [0.15, 0.2) is 5.10 Å². The highest BCUT2D eigenvalue weighted by molar-refractivity contribution is 5.81. The molecule has 0 aliphatic rings. The van der Waals surface area contributed by atoms with Crippen LogP contribution in [0.2, 0.25) is 0 Å². The van der Waals surface area contributed by atoms with E-state index in [4.69, 9.17) is 11.7 Å². The summed E-state index contributed by atoms with van der Waals surface area (Å²) in [6, 6.07) is 0. The second-order valence-electron chi connectivity index (χ2n) is 6.07. The van der Waals surface area contributed by atoms with Crippen LogP contribution >= 0.6 is 0 Å². The van der Waals surface area contributed by atoms with Gasteiger partial charge in [0, 0.05) is 6.42 Å². The molecule has 0 spiro atoms. The molecule has 4 nitrogen and oxygen atoms in total. The molecular weight excluding hydrogens is 260 g/mol. The number of rotatable bonds is 15. The summed E-state index contributed by atoms with van der Waals surface area (Å²) in [4.78, 5) is 0. The first-order valence-corrected chi connectivity index (χ1v) is 9.08. The molecule has 0 aliphatic heterocycles. The van der Waals surface area contributed by atoms with Crippen LogP contribution in [0.3, 0.4) is 0 Å². The van der Waals surface area contributed by atoms with Crippen LogP contribution in [0.4, 0.5) is 0 Å². The predicted molar refractivity (Wildman–Crippen MR) is 93.9 cm³/mol. The maximum atomic E-state index is 5.28. The fourth-order valence-electron chi connectivity index (χ4n) is 2.66. The smallest absolute Gasteiger partial charge is 0.135 e. The van der Waals surface area contributed by atoms with Gasteiger partial charge in [-0.3, -0.25) is 0 Å². The topological polar surface area (TPSA) is 76.4 Å². The average Bonchev–Trinajstić information content (AvgIpc) is 2.51. The van der Waals surface area contributed by atoms with Crippen LogP contribution in [0, 0.1) is 0 Å². The Kier molecular flexibility index (Phi) is 16.6. The van der Waals surface area contributed by atoms with Crippen LogP contribution in [0.25, 0.3) is 0 Å². The number of hydrogen-bond acceptors (Lipinski definition) is 3. The van der Waals surface area contributed by atoms with Gasteiger partial charge in [-0.1, -0.05) is 90.4 Å². The van der Waals surface area contributed by atoms with Crippen molar-refractivity contribution in [3.8, 4) is 0 Å². The van der Waals surface area contributed by atoms with Gasteiger partial charge < -0.3 is 11.3 Å². The maximum absolute atomic E-state index is 5.28. The molecule has 0 rings (SSSR count). The summed E-state index contributed by atoms with van der Waals surface area (Å²) in [7, 11) is 0. The lowest BCUT2D eigenvalue weighted by atomic mass is 10.0. The Bertz CT molecular complexity index is 229. The lowest BCUT2D eigenvalue weighted by Gasteiger charge is -2.04. The van der Waals surface area contributed by atoms with Crippen LogP contribution in [0.5, 0.6) is 0 Å². The van der Waals surface area contributed by atoms with Crippen LogP contribution in [-0.4, -0.2) is 5.84 Å². The zero-order chi connectivity index (χ0) is 15.6. The molecule has 21 heavy (non-hydrogen) atoms. The Morgan fingerprint density at radius 3 is 1.43 bits per heavy atom. The van der Waals surface area contributed by atoms with Gasteiger partial charge in [-0.05, 0) is 6.42 Å². The third-order valence-corrected chi connectivity index (χ3v) is 4.09. The highest BCUT2D eigenvalue weighted by Crippen LogP contribution is 2.13. The van der Waals surface area contributed by atoms with E-state index < -0.39 is 0 Å². The molecule has 0 amide bonds. The first kappa shape index (κ1) is 20.2. The number of nitrogens with two attached hydrogens (primary N) is 2. The van der Waals surface area contributed by atoms with Gasteiger partial charge in [-0.25, -0.2) is 5.84 Å². The van der Waals surface area contributed by atoms with E-state index in [1.807, 2.05) is 0 Å². The summed E-state index contributed by atoms with van der Waals surface area (Å²) in [5, 5.41) is 3.59. The minimum absolute atomic E-state index is 0.703. The molecule has 0 radical (unpaired) electrons. The first-order chi connectivity index (χ1) is 10.3. The standard InChI is InChI=1S/C17H38N4/c1-2-3-4-5-6-7-8-9-10-11-12-13-14-15-16-17(20-18)21-19/h2-16,18-19H2,1H3,(H,20,21). The van der Waals surface area contributed by atoms with Crippen molar-refractivity contribution in [1.82, 2.24) is 5.43 Å². The molecule has 0 aromatic heterocycles. The minimum Gasteiger partial charge on any atom is -0.322 e. The Balaban J connectivity index is 3.06. The second kappa shape index (κ2) is 17.3. The first-order valence-electron chi connectivity index (χ1n) is 9.08. The molecule has 0 bridgehead atoms. The van der Waals surface area contributed by atoms with Gasteiger partial charge in [0.2, 0.25) is 0 Å². The zero-order valence-corrected chi connectivity index (χ0v) is 14.2. The number of nitrogens with one attached hydrogen (secondary N) is 1. The summed E-state index contributed by atoms with van der Waals surface area (Å²) in [5.74, 6) is 11.2. The van der Waals surface area contributed by atoms with Crippen molar-refractivity contribution < 1.29 is 0 Å². The van der Waals surface area contributed by atoms with Crippen LogP contribution in [0.1, 0.15) is 103 Å². The summed E-state index contributed by atoms with van der Waals surface area (Å²) >= 11 is 0. The van der Waals surface area contributed by atoms with E-state index in [0.29, 0.717) is 5.84 Å². The van der Waals surface area contributed by atoms with E-state index in [1.165, 1.54) is 83.5 Å². The Morgan fingerprint density at radius 1 is 0.714 bits per heavy atom. The molecule has 126 valence electrons. The van der Waals surface area contributed by atoms with Gasteiger partial charge >= 0.3 is 0 Å². The van der Waals surface area contributed by atoms with Gasteiger partial charge in [0.25, 0.3) is 0 Å². The van der Waals surface area contributed by atoms with Crippen molar-refractivity contribution in [2.75, 3.05) is 0 Å². The monoisotopic (exact) mass is 298 g/mol. The summed E-state index contributed by atoms with van der Waals surface area (Å²) in [5.41, 5.74) is 2.52. The van der Waals surface area contributed by atoms with E-state index in [0.717, 1.165) is 12.8 Å². The molecule has 0 fully saturated rings. The highest BCUT2D eigenvalue weighted by Gasteiger charge is 1.97. The van der Waals surface area contributed by atoms with Crippen molar-refractivity contribution in [2.24, 2.45) is 16.8 Å². The number of amidine groups is 1. The van der Waals surface area contributed by atoms with E-state index >= 15 is 0 Å². The van der Waals surface area contributed by atoms with Crippen molar-refractivity contribution in [3.05, 3.63) is 0 Å². The van der Waals surface area contributed by atoms with Crippen molar-refractivity contribution >= 4 is 5.84 Å². The van der Waals surface area contributed by atoms with Gasteiger partial charge in [0.05, 0.1) is 0 Å². The molecule has 4 heteroatoms. The molecule has 0 heterocycles. The van der Waals surface area contributed by atoms with Crippen molar-refractivity contribution in [2.45, 2.75) is 103 Å². The summed E-state index contributed by atoms with van der Waals surface area (Å²) in [6.07, 6.45) is 20.1. The molecule has 0 aliphatic carbocycles. The number of unbranched alkanes of at least 4 members (excludes halogenated alkanes) is 13. The van der Waals surface area contributed by atoms with Crippen LogP contribution in [-0.2, 0) is 0 Å². The van der Waals surface area contributed by atoms with E-state index in [9.17, 15) is 0 Å². The van der Waals surface area contributed by atoms with Gasteiger partial charge in [-0.2, -0.15) is 5.10 Å². The van der Waals surface area contributed by atoms with Crippen LogP contribution < -0.4 is 17.1 Å². The molecule has 0 aromatic carbocycles. The molecule has 0 aromatic rings. The molecule has 5 N–H and O–H groups in total. The van der Waals surface area contributed by atoms with E-state index in [2.05, 4.69) is 17.5 Å². The number of hydrazine groups is 1. The third-order valence-electron chi connectivity index (χ3n) is 4.09. The van der Waals surface area contributed by atoms with Crippen molar-refractivity contribution in [3.63, 3.8) is 0 Å². The largest absolute Gasteiger partial charge is 0.322 e. The molecule has 0 atom stereocenters. The maximum Gasteiger partial charge on any atom is 0.135 e. The Morgan fingerprint density at radius 2 is 1.10 bits per heavy atom. The Labute approximate surface area is 132 Å². The van der Waals surface area contributed by atoms with E-state index in [1.54, 1.807) is 0 Å². The minimum atomic E-state index is 0.703. The normalized spacial score (nSPS) is 11.8. The quantitative estimate of drug-likeness (QED) is 0.136. The lowest BCUT2D eigenvalue weighted by molar-refractivity contribution is 0.536. The molecule has 0 saturated carbocycles. The highest BCUT2D eigenvalue weighted by atomic mass is 15.3. The lowest BCUT2D eigenvalue weighted by Crippen LogP contribution is -2.31. The fraction of sp³-hybridized carbons (Fsp3) is 0.941. The number of nitrogens with zero attached hydrogens (tertiary/aromatic N) is 1. The average molecular weight is 299 g/mol. The second-order valence-corrected chi connectivity index (χ2v) is 6.07. The predicted octanol–water partition coefficient (Wildman–Crippen LogP) is 4.59. The van der Waals surface area contributed by atoms with Gasteiger partial charge in [-0.15, -0.1) is 0 Å². The summed E-state index contributed by atoms with van der Waals surface area (Å²) in [6.45, 7) is 2.28. The van der Waals surface area contributed by atoms with Crippen molar-refractivity contribution in [1.29, 1.82) is 0 Å². The zero-order valence-electron chi connectivity index (χ0n) is 14.2. The van der Waals surface area contributed by atoms with E-state index in [-0.39, 0.29) is 0 Å². The van der Waals surface area contributed by atoms with Gasteiger partial charge in [0.15, 0.2) is 0 Å². The SMILES string of the molecule is CCCCCCCCCCCCCCCCC(=NN)NN.